The quantitative estimate of drug-likeness (QED) is 0.606. The van der Waals surface area contributed by atoms with E-state index in [-0.39, 0.29) is 11.6 Å². The van der Waals surface area contributed by atoms with E-state index in [1.54, 1.807) is 4.90 Å². The van der Waals surface area contributed by atoms with E-state index in [2.05, 4.69) is 4.99 Å². The van der Waals surface area contributed by atoms with Crippen molar-refractivity contribution in [2.75, 3.05) is 13.7 Å². The van der Waals surface area contributed by atoms with Crippen LogP contribution in [0.3, 0.4) is 0 Å². The number of hydrogen-bond donors (Lipinski definition) is 0. The molecule has 2 aromatic rings. The van der Waals surface area contributed by atoms with E-state index in [4.69, 9.17) is 4.74 Å². The second-order valence-electron chi connectivity index (χ2n) is 6.26. The van der Waals surface area contributed by atoms with Crippen LogP contribution in [0, 0.1) is 11.7 Å². The van der Waals surface area contributed by atoms with Gasteiger partial charge in [-0.3, -0.25) is 4.79 Å². The highest BCUT2D eigenvalue weighted by Crippen LogP contribution is 2.09. The van der Waals surface area contributed by atoms with E-state index in [9.17, 15) is 9.18 Å². The van der Waals surface area contributed by atoms with Gasteiger partial charge in [0.05, 0.1) is 6.61 Å². The van der Waals surface area contributed by atoms with Crippen molar-refractivity contribution in [3.05, 3.63) is 71.5 Å². The van der Waals surface area contributed by atoms with Gasteiger partial charge in [0.25, 0.3) is 11.9 Å². The molecule has 0 N–H and O–H groups in total. The second-order valence-corrected chi connectivity index (χ2v) is 6.26. The lowest BCUT2D eigenvalue weighted by Crippen LogP contribution is -2.30. The topological polar surface area (TPSA) is 41.9 Å². The fourth-order valence-electron chi connectivity index (χ4n) is 2.17. The summed E-state index contributed by atoms with van der Waals surface area (Å²) in [6, 6.07) is 15.5. The van der Waals surface area contributed by atoms with Crippen molar-refractivity contribution in [2.24, 2.45) is 10.9 Å². The largest absolute Gasteiger partial charge is 0.465 e. The SMILES string of the molecule is CC(C)COC(=NC(=O)c1cccc(F)c1)N(C)Cc1ccccc1. The van der Waals surface area contributed by atoms with Gasteiger partial charge in [0.1, 0.15) is 5.82 Å². The number of ether oxygens (including phenoxy) is 1. The predicted molar refractivity (Wildman–Crippen MR) is 96.9 cm³/mol. The molecular weight excluding hydrogens is 319 g/mol. The zero-order valence-electron chi connectivity index (χ0n) is 14.8. The Kier molecular flexibility index (Phi) is 6.69. The number of carbonyl (C=O) groups excluding carboxylic acids is 1. The first-order chi connectivity index (χ1) is 12.0. The molecule has 0 heterocycles. The van der Waals surface area contributed by atoms with Gasteiger partial charge < -0.3 is 9.64 Å². The molecule has 0 spiro atoms. The lowest BCUT2D eigenvalue weighted by Gasteiger charge is -2.22. The van der Waals surface area contributed by atoms with Crippen LogP contribution in [0.1, 0.15) is 29.8 Å². The van der Waals surface area contributed by atoms with Gasteiger partial charge in [-0.25, -0.2) is 4.39 Å². The summed E-state index contributed by atoms with van der Waals surface area (Å²) in [7, 11) is 1.81. The van der Waals surface area contributed by atoms with E-state index in [0.717, 1.165) is 5.56 Å². The first-order valence-corrected chi connectivity index (χ1v) is 8.22. The summed E-state index contributed by atoms with van der Waals surface area (Å²) >= 11 is 0. The molecule has 0 aliphatic heterocycles. The highest BCUT2D eigenvalue weighted by Gasteiger charge is 2.14. The standard InChI is InChI=1S/C20H23FN2O2/c1-15(2)14-25-20(23(3)13-16-8-5-4-6-9-16)22-19(24)17-10-7-11-18(21)12-17/h4-12,15H,13-14H2,1-3H3. The third kappa shape index (κ3) is 6.03. The van der Waals surface area contributed by atoms with Crippen molar-refractivity contribution in [3.63, 3.8) is 0 Å². The maximum atomic E-state index is 13.3. The Bertz CT molecular complexity index is 729. The van der Waals surface area contributed by atoms with Gasteiger partial charge in [-0.2, -0.15) is 4.99 Å². The second kappa shape index (κ2) is 8.97. The monoisotopic (exact) mass is 342 g/mol. The summed E-state index contributed by atoms with van der Waals surface area (Å²) in [5, 5.41) is 0. The molecule has 5 heteroatoms. The maximum absolute atomic E-state index is 13.3. The summed E-state index contributed by atoms with van der Waals surface area (Å²) in [5.41, 5.74) is 1.27. The van der Waals surface area contributed by atoms with E-state index in [0.29, 0.717) is 19.1 Å². The fourth-order valence-corrected chi connectivity index (χ4v) is 2.17. The van der Waals surface area contributed by atoms with E-state index in [1.165, 1.54) is 24.3 Å². The van der Waals surface area contributed by atoms with Crippen LogP contribution < -0.4 is 0 Å². The van der Waals surface area contributed by atoms with Crippen LogP contribution in [-0.4, -0.2) is 30.5 Å². The Morgan fingerprint density at radius 1 is 1.16 bits per heavy atom. The molecule has 0 unspecified atom stereocenters. The third-order valence-corrected chi connectivity index (χ3v) is 3.40. The molecule has 0 aliphatic rings. The van der Waals surface area contributed by atoms with Gasteiger partial charge in [-0.1, -0.05) is 50.2 Å². The van der Waals surface area contributed by atoms with Crippen LogP contribution in [0.4, 0.5) is 4.39 Å². The predicted octanol–water partition coefficient (Wildman–Crippen LogP) is 4.13. The zero-order valence-corrected chi connectivity index (χ0v) is 14.8. The zero-order chi connectivity index (χ0) is 18.2. The number of hydrogen-bond acceptors (Lipinski definition) is 2. The first kappa shape index (κ1) is 18.6. The highest BCUT2D eigenvalue weighted by molar-refractivity contribution is 6.01. The molecule has 0 aliphatic carbocycles. The molecule has 0 saturated carbocycles. The molecule has 2 aromatic carbocycles. The summed E-state index contributed by atoms with van der Waals surface area (Å²) in [6.07, 6.45) is 0. The van der Waals surface area contributed by atoms with Gasteiger partial charge >= 0.3 is 0 Å². The fraction of sp³-hybridized carbons (Fsp3) is 0.300. The molecule has 0 saturated heterocycles. The van der Waals surface area contributed by atoms with Gasteiger partial charge in [-0.15, -0.1) is 0 Å². The van der Waals surface area contributed by atoms with E-state index in [1.807, 2.05) is 51.2 Å². The number of amidine groups is 1. The minimum atomic E-state index is -0.529. The number of halogens is 1. The van der Waals surface area contributed by atoms with Crippen LogP contribution in [0.15, 0.2) is 59.6 Å². The normalized spacial score (nSPS) is 11.5. The van der Waals surface area contributed by atoms with Crippen molar-refractivity contribution in [3.8, 4) is 0 Å². The Labute approximate surface area is 148 Å². The maximum Gasteiger partial charge on any atom is 0.295 e. The molecule has 2 rings (SSSR count). The van der Waals surface area contributed by atoms with Crippen LogP contribution in [0.2, 0.25) is 0 Å². The molecule has 0 atom stereocenters. The Morgan fingerprint density at radius 3 is 2.52 bits per heavy atom. The lowest BCUT2D eigenvalue weighted by atomic mass is 10.2. The van der Waals surface area contributed by atoms with Crippen LogP contribution >= 0.6 is 0 Å². The van der Waals surface area contributed by atoms with E-state index < -0.39 is 11.7 Å². The average Bonchev–Trinajstić information content (AvgIpc) is 2.59. The van der Waals surface area contributed by atoms with Gasteiger partial charge in [0.15, 0.2) is 0 Å². The molecule has 4 nitrogen and oxygen atoms in total. The van der Waals surface area contributed by atoms with Crippen LogP contribution in [0.25, 0.3) is 0 Å². The lowest BCUT2D eigenvalue weighted by molar-refractivity contribution is 0.0992. The first-order valence-electron chi connectivity index (χ1n) is 8.22. The molecule has 0 aromatic heterocycles. The number of benzene rings is 2. The Morgan fingerprint density at radius 2 is 1.88 bits per heavy atom. The third-order valence-electron chi connectivity index (χ3n) is 3.40. The van der Waals surface area contributed by atoms with E-state index >= 15 is 0 Å². The Balaban J connectivity index is 2.20. The molecule has 25 heavy (non-hydrogen) atoms. The summed E-state index contributed by atoms with van der Waals surface area (Å²) in [4.78, 5) is 18.2. The van der Waals surface area contributed by atoms with Gasteiger partial charge in [0, 0.05) is 19.2 Å². The summed E-state index contributed by atoms with van der Waals surface area (Å²) in [6.45, 7) is 5.02. The average molecular weight is 342 g/mol. The summed E-state index contributed by atoms with van der Waals surface area (Å²) in [5.74, 6) is -0.707. The van der Waals surface area contributed by atoms with Crippen molar-refractivity contribution in [2.45, 2.75) is 20.4 Å². The number of carbonyl (C=O) groups is 1. The number of amides is 1. The van der Waals surface area contributed by atoms with Crippen LogP contribution in [0.5, 0.6) is 0 Å². The van der Waals surface area contributed by atoms with Crippen molar-refractivity contribution in [1.82, 2.24) is 4.90 Å². The Hall–Kier alpha value is -2.69. The number of nitrogens with zero attached hydrogens (tertiary/aromatic N) is 2. The molecule has 0 bridgehead atoms. The number of aliphatic imine (C=N–C) groups is 1. The van der Waals surface area contributed by atoms with Crippen molar-refractivity contribution in [1.29, 1.82) is 0 Å². The minimum absolute atomic E-state index is 0.193. The number of rotatable bonds is 5. The minimum Gasteiger partial charge on any atom is -0.465 e. The van der Waals surface area contributed by atoms with Gasteiger partial charge in [-0.05, 0) is 29.7 Å². The van der Waals surface area contributed by atoms with Crippen LogP contribution in [-0.2, 0) is 11.3 Å². The molecule has 132 valence electrons. The summed E-state index contributed by atoms with van der Waals surface area (Å²) < 4.78 is 19.0. The highest BCUT2D eigenvalue weighted by atomic mass is 19.1. The van der Waals surface area contributed by atoms with Gasteiger partial charge in [0.2, 0.25) is 0 Å². The molecule has 0 radical (unpaired) electrons. The molecular formula is C20H23FN2O2. The molecule has 0 fully saturated rings. The van der Waals surface area contributed by atoms with Crippen molar-refractivity contribution < 1.29 is 13.9 Å². The van der Waals surface area contributed by atoms with Crippen molar-refractivity contribution >= 4 is 11.9 Å². The smallest absolute Gasteiger partial charge is 0.295 e. The molecule has 1 amide bonds.